The van der Waals surface area contributed by atoms with Crippen LogP contribution in [0.3, 0.4) is 0 Å². The number of fused-ring (bicyclic) bond motifs is 1. The molecule has 172 valence electrons. The zero-order valence-electron chi connectivity index (χ0n) is 18.9. The quantitative estimate of drug-likeness (QED) is 0.437. The Morgan fingerprint density at radius 3 is 2.53 bits per heavy atom. The second-order valence-corrected chi connectivity index (χ2v) is 10.4. The van der Waals surface area contributed by atoms with Gasteiger partial charge >= 0.3 is 0 Å². The normalized spacial score (nSPS) is 15.2. The molecule has 0 spiro atoms. The van der Waals surface area contributed by atoms with Crippen molar-refractivity contribution in [3.63, 3.8) is 0 Å². The van der Waals surface area contributed by atoms with Crippen LogP contribution in [-0.4, -0.2) is 35.4 Å². The van der Waals surface area contributed by atoms with Gasteiger partial charge in [0.2, 0.25) is 10.0 Å². The first-order valence-electron chi connectivity index (χ1n) is 11.6. The molecule has 1 aliphatic rings. The first kappa shape index (κ1) is 22.6. The van der Waals surface area contributed by atoms with E-state index in [-0.39, 0.29) is 5.75 Å². The smallest absolute Gasteiger partial charge is 0.232 e. The summed E-state index contributed by atoms with van der Waals surface area (Å²) < 4.78 is 34.5. The predicted octanol–water partition coefficient (Wildman–Crippen LogP) is 5.38. The summed E-state index contributed by atoms with van der Waals surface area (Å²) in [6, 6.07) is 8.15. The molecule has 1 aromatic carbocycles. The van der Waals surface area contributed by atoms with Gasteiger partial charge < -0.3 is 4.74 Å². The fraction of sp³-hybridized carbons (Fsp3) is 0.500. The molecule has 1 fully saturated rings. The molecule has 2 aromatic heterocycles. The van der Waals surface area contributed by atoms with E-state index in [1.807, 2.05) is 22.8 Å². The summed E-state index contributed by atoms with van der Waals surface area (Å²) in [5.41, 5.74) is 4.18. The highest BCUT2D eigenvalue weighted by molar-refractivity contribution is 7.92. The third-order valence-electron chi connectivity index (χ3n) is 6.13. The number of nitrogens with zero attached hydrogens (tertiary/aromatic N) is 3. The zero-order chi connectivity index (χ0) is 22.6. The first-order chi connectivity index (χ1) is 15.5. The monoisotopic (exact) mass is 456 g/mol. The van der Waals surface area contributed by atoms with Crippen molar-refractivity contribution in [2.75, 3.05) is 17.1 Å². The molecule has 1 saturated carbocycles. The van der Waals surface area contributed by atoms with Gasteiger partial charge in [0.05, 0.1) is 24.3 Å². The van der Waals surface area contributed by atoms with Gasteiger partial charge in [-0.15, -0.1) is 0 Å². The van der Waals surface area contributed by atoms with Crippen LogP contribution in [0, 0.1) is 0 Å². The number of ether oxygens (including phenoxy) is 1. The van der Waals surface area contributed by atoms with Gasteiger partial charge in [-0.2, -0.15) is 5.10 Å². The van der Waals surface area contributed by atoms with Crippen molar-refractivity contribution in [1.29, 1.82) is 0 Å². The Morgan fingerprint density at radius 1 is 1.09 bits per heavy atom. The van der Waals surface area contributed by atoms with E-state index in [1.54, 1.807) is 13.1 Å². The number of rotatable bonds is 9. The number of anilines is 1. The molecule has 32 heavy (non-hydrogen) atoms. The maximum atomic E-state index is 12.1. The van der Waals surface area contributed by atoms with Crippen LogP contribution >= 0.6 is 0 Å². The Balaban J connectivity index is 1.75. The van der Waals surface area contributed by atoms with Crippen molar-refractivity contribution < 1.29 is 13.2 Å². The molecule has 0 aliphatic heterocycles. The van der Waals surface area contributed by atoms with Crippen LogP contribution in [-0.2, 0) is 10.0 Å². The van der Waals surface area contributed by atoms with Gasteiger partial charge in [0, 0.05) is 17.7 Å². The summed E-state index contributed by atoms with van der Waals surface area (Å²) in [6.45, 7) is 4.49. The second-order valence-electron chi connectivity index (χ2n) is 8.42. The van der Waals surface area contributed by atoms with E-state index in [9.17, 15) is 8.42 Å². The Kier molecular flexibility index (Phi) is 6.98. The fourth-order valence-electron chi connectivity index (χ4n) is 4.32. The first-order valence-corrected chi connectivity index (χ1v) is 13.3. The summed E-state index contributed by atoms with van der Waals surface area (Å²) in [4.78, 5) is 4.62. The van der Waals surface area contributed by atoms with Crippen molar-refractivity contribution in [2.45, 2.75) is 64.7 Å². The molecule has 7 nitrogen and oxygen atoms in total. The molecule has 0 bridgehead atoms. The Bertz CT molecular complexity index is 1150. The van der Waals surface area contributed by atoms with Gasteiger partial charge in [-0.3, -0.25) is 4.72 Å². The highest BCUT2D eigenvalue weighted by atomic mass is 32.2. The largest absolute Gasteiger partial charge is 0.494 e. The summed E-state index contributed by atoms with van der Waals surface area (Å²) in [5, 5.41) is 4.57. The highest BCUT2D eigenvalue weighted by Crippen LogP contribution is 2.39. The molecule has 4 rings (SSSR count). The topological polar surface area (TPSA) is 85.6 Å². The lowest BCUT2D eigenvalue weighted by Gasteiger charge is -2.25. The van der Waals surface area contributed by atoms with Crippen LogP contribution in [0.1, 0.15) is 70.4 Å². The van der Waals surface area contributed by atoms with E-state index in [0.717, 1.165) is 54.9 Å². The Hall–Kier alpha value is -2.61. The summed E-state index contributed by atoms with van der Waals surface area (Å²) in [5.74, 6) is 1.23. The molecular formula is C24H32N4O3S. The van der Waals surface area contributed by atoms with Crippen molar-refractivity contribution in [3.8, 4) is 16.9 Å². The second kappa shape index (κ2) is 9.90. The maximum Gasteiger partial charge on any atom is 0.232 e. The third-order valence-corrected chi connectivity index (χ3v) is 7.42. The molecule has 1 N–H and O–H groups in total. The van der Waals surface area contributed by atoms with Crippen LogP contribution in [0.25, 0.3) is 16.8 Å². The number of benzene rings is 1. The van der Waals surface area contributed by atoms with E-state index in [2.05, 4.69) is 33.9 Å². The highest BCUT2D eigenvalue weighted by Gasteiger charge is 2.25. The molecule has 1 aliphatic carbocycles. The molecule has 0 unspecified atom stereocenters. The van der Waals surface area contributed by atoms with Crippen LogP contribution in [0.4, 0.5) is 5.69 Å². The van der Waals surface area contributed by atoms with E-state index < -0.39 is 10.0 Å². The Morgan fingerprint density at radius 2 is 1.84 bits per heavy atom. The van der Waals surface area contributed by atoms with Crippen LogP contribution < -0.4 is 9.46 Å². The number of hydrogen-bond acceptors (Lipinski definition) is 5. The standard InChI is InChI=1S/C24H32N4O3S/c1-3-5-15-31-20-13-11-18(12-14-20)21-16-25-24-22(27-32(29,30)4-2)17-26-28(24)23(21)19-9-7-6-8-10-19/h11-14,16-17,19,27H,3-10,15H2,1-2H3. The van der Waals surface area contributed by atoms with E-state index >= 15 is 0 Å². The molecule has 2 heterocycles. The predicted molar refractivity (Wildman–Crippen MR) is 128 cm³/mol. The summed E-state index contributed by atoms with van der Waals surface area (Å²) in [7, 11) is -3.41. The lowest BCUT2D eigenvalue weighted by molar-refractivity contribution is 0.309. The number of sulfonamides is 1. The van der Waals surface area contributed by atoms with Crippen molar-refractivity contribution >= 4 is 21.4 Å². The summed E-state index contributed by atoms with van der Waals surface area (Å²) in [6.07, 6.45) is 11.4. The lowest BCUT2D eigenvalue weighted by atomic mass is 9.84. The third kappa shape index (κ3) is 4.90. The molecule has 0 radical (unpaired) electrons. The van der Waals surface area contributed by atoms with Crippen molar-refractivity contribution in [2.24, 2.45) is 0 Å². The molecule has 8 heteroatoms. The summed E-state index contributed by atoms with van der Waals surface area (Å²) >= 11 is 0. The van der Waals surface area contributed by atoms with Gasteiger partial charge in [-0.25, -0.2) is 17.9 Å². The van der Waals surface area contributed by atoms with E-state index in [4.69, 9.17) is 4.74 Å². The van der Waals surface area contributed by atoms with Gasteiger partial charge in [0.15, 0.2) is 5.65 Å². The van der Waals surface area contributed by atoms with E-state index in [0.29, 0.717) is 17.3 Å². The van der Waals surface area contributed by atoms with Crippen LogP contribution in [0.15, 0.2) is 36.7 Å². The van der Waals surface area contributed by atoms with Gasteiger partial charge in [0.1, 0.15) is 11.4 Å². The molecular weight excluding hydrogens is 424 g/mol. The average molecular weight is 457 g/mol. The SMILES string of the molecule is CCCCOc1ccc(-c2cnc3c(NS(=O)(=O)CC)cnn3c2C2CCCCC2)cc1. The van der Waals surface area contributed by atoms with Crippen LogP contribution in [0.5, 0.6) is 5.75 Å². The lowest BCUT2D eigenvalue weighted by Crippen LogP contribution is -2.15. The average Bonchev–Trinajstić information content (AvgIpc) is 3.22. The zero-order valence-corrected chi connectivity index (χ0v) is 19.7. The van der Waals surface area contributed by atoms with Gasteiger partial charge in [0.25, 0.3) is 0 Å². The minimum absolute atomic E-state index is 0.00455. The molecule has 3 aromatic rings. The number of aromatic nitrogens is 3. The molecule has 0 saturated heterocycles. The minimum atomic E-state index is -3.41. The van der Waals surface area contributed by atoms with Crippen molar-refractivity contribution in [1.82, 2.24) is 14.6 Å². The number of unbranched alkanes of at least 4 members (excludes halogenated alkanes) is 1. The molecule has 0 amide bonds. The van der Waals surface area contributed by atoms with Crippen LogP contribution in [0.2, 0.25) is 0 Å². The minimum Gasteiger partial charge on any atom is -0.494 e. The Labute approximate surface area is 190 Å². The van der Waals surface area contributed by atoms with Gasteiger partial charge in [-0.05, 0) is 43.9 Å². The molecule has 0 atom stereocenters. The van der Waals surface area contributed by atoms with Gasteiger partial charge in [-0.1, -0.05) is 44.7 Å². The number of nitrogens with one attached hydrogen (secondary N) is 1. The maximum absolute atomic E-state index is 12.1. The fourth-order valence-corrected chi connectivity index (χ4v) is 4.94. The number of hydrogen-bond donors (Lipinski definition) is 1. The van der Waals surface area contributed by atoms with Crippen molar-refractivity contribution in [3.05, 3.63) is 42.4 Å². The van der Waals surface area contributed by atoms with E-state index in [1.165, 1.54) is 19.3 Å².